The van der Waals surface area contributed by atoms with Gasteiger partial charge >= 0.3 is 0 Å². The summed E-state index contributed by atoms with van der Waals surface area (Å²) in [7, 11) is -5.63. The van der Waals surface area contributed by atoms with Crippen LogP contribution in [0.5, 0.6) is 0 Å². The van der Waals surface area contributed by atoms with Gasteiger partial charge in [-0.25, -0.2) is 16.8 Å². The summed E-state index contributed by atoms with van der Waals surface area (Å²) >= 11 is 0. The van der Waals surface area contributed by atoms with Gasteiger partial charge in [0, 0.05) is 0 Å². The Morgan fingerprint density at radius 1 is 1.00 bits per heavy atom. The largest absolute Gasteiger partial charge is 0.231 e. The van der Waals surface area contributed by atoms with Crippen LogP contribution in [0.1, 0.15) is 32.6 Å². The van der Waals surface area contributed by atoms with Gasteiger partial charge in [0.1, 0.15) is 0 Å². The van der Waals surface area contributed by atoms with Crippen LogP contribution in [-0.2, 0) is 21.4 Å². The van der Waals surface area contributed by atoms with E-state index < -0.39 is 26.0 Å². The summed E-state index contributed by atoms with van der Waals surface area (Å²) in [5, 5.41) is 0. The van der Waals surface area contributed by atoms with Gasteiger partial charge in [-0.05, 0) is 6.42 Å². The first-order valence-corrected chi connectivity index (χ1v) is 6.36. The second kappa shape index (κ2) is 6.42. The molecule has 0 heterocycles. The van der Waals surface area contributed by atoms with E-state index in [0.29, 0.717) is 6.42 Å². The molecule has 0 aromatic carbocycles. The van der Waals surface area contributed by atoms with Crippen LogP contribution in [-0.4, -0.2) is 21.4 Å². The molecule has 4 nitrogen and oxygen atoms in total. The van der Waals surface area contributed by atoms with Gasteiger partial charge in [0.05, 0.1) is 0 Å². The predicted molar refractivity (Wildman–Crippen MR) is 48.6 cm³/mol. The zero-order valence-electron chi connectivity index (χ0n) is 6.93. The summed E-state index contributed by atoms with van der Waals surface area (Å²) in [5.41, 5.74) is 0. The molecule has 74 valence electrons. The van der Waals surface area contributed by atoms with Gasteiger partial charge < -0.3 is 0 Å². The molecule has 0 amide bonds. The molecule has 6 heteroatoms. The summed E-state index contributed by atoms with van der Waals surface area (Å²) in [5.74, 6) is 0. The number of unbranched alkanes of at least 4 members (excludes halogenated alkanes) is 2. The van der Waals surface area contributed by atoms with Gasteiger partial charge in [0.2, 0.25) is 0 Å². The van der Waals surface area contributed by atoms with Gasteiger partial charge in [-0.2, -0.15) is 0 Å². The van der Waals surface area contributed by atoms with E-state index in [0.717, 1.165) is 12.8 Å². The van der Waals surface area contributed by atoms with Crippen LogP contribution in [0.3, 0.4) is 0 Å². The predicted octanol–water partition coefficient (Wildman–Crippen LogP) is 0.116. The van der Waals surface area contributed by atoms with Crippen molar-refractivity contribution in [3.63, 3.8) is 0 Å². The lowest BCUT2D eigenvalue weighted by atomic mass is 10.2. The van der Waals surface area contributed by atoms with Crippen molar-refractivity contribution in [3.8, 4) is 0 Å². The molecule has 0 unspecified atom stereocenters. The molecule has 12 heavy (non-hydrogen) atoms. The SMILES string of the molecule is CCCCCC([SH](=O)=O)[SH](=O)=O. The topological polar surface area (TPSA) is 68.3 Å². The maximum absolute atomic E-state index is 10.4. The van der Waals surface area contributed by atoms with E-state index in [1.165, 1.54) is 0 Å². The molecule has 0 rings (SSSR count). The van der Waals surface area contributed by atoms with Crippen LogP contribution in [0.2, 0.25) is 0 Å². The highest BCUT2D eigenvalue weighted by molar-refractivity contribution is 7.91. The number of hydrogen-bond acceptors (Lipinski definition) is 4. The molecule has 0 radical (unpaired) electrons. The fourth-order valence-electron chi connectivity index (χ4n) is 0.865. The second-order valence-electron chi connectivity index (χ2n) is 2.55. The van der Waals surface area contributed by atoms with Crippen molar-refractivity contribution < 1.29 is 16.8 Å². The quantitative estimate of drug-likeness (QED) is 0.486. The fraction of sp³-hybridized carbons (Fsp3) is 1.00. The normalized spacial score (nSPS) is 11.7. The first-order chi connectivity index (χ1) is 5.59. The molecule has 0 aliphatic carbocycles. The third kappa shape index (κ3) is 4.71. The van der Waals surface area contributed by atoms with Crippen molar-refractivity contribution in [2.45, 2.75) is 37.2 Å². The van der Waals surface area contributed by atoms with E-state index in [2.05, 4.69) is 0 Å². The van der Waals surface area contributed by atoms with Crippen molar-refractivity contribution in [2.24, 2.45) is 0 Å². The first-order valence-electron chi connectivity index (χ1n) is 3.86. The van der Waals surface area contributed by atoms with Crippen molar-refractivity contribution >= 4 is 21.4 Å². The summed E-state index contributed by atoms with van der Waals surface area (Å²) in [6, 6.07) is 0. The molecule has 0 N–H and O–H groups in total. The fourth-order valence-corrected chi connectivity index (χ4v) is 2.27. The average molecular weight is 214 g/mol. The molecule has 0 saturated carbocycles. The summed E-state index contributed by atoms with van der Waals surface area (Å²) in [4.78, 5) is 0. The Morgan fingerprint density at radius 2 is 1.50 bits per heavy atom. The molecule has 0 bridgehead atoms. The van der Waals surface area contributed by atoms with Crippen molar-refractivity contribution in [1.82, 2.24) is 0 Å². The van der Waals surface area contributed by atoms with Crippen LogP contribution in [0, 0.1) is 0 Å². The Hall–Kier alpha value is -0.100. The van der Waals surface area contributed by atoms with Crippen molar-refractivity contribution in [1.29, 1.82) is 0 Å². The van der Waals surface area contributed by atoms with Gasteiger partial charge in [-0.15, -0.1) is 0 Å². The summed E-state index contributed by atoms with van der Waals surface area (Å²) in [6.07, 6.45) is 2.74. The van der Waals surface area contributed by atoms with Crippen LogP contribution in [0.4, 0.5) is 0 Å². The van der Waals surface area contributed by atoms with Gasteiger partial charge in [0.25, 0.3) is 0 Å². The summed E-state index contributed by atoms with van der Waals surface area (Å²) in [6.45, 7) is 1.98. The highest BCUT2D eigenvalue weighted by atomic mass is 32.2. The van der Waals surface area contributed by atoms with E-state index >= 15 is 0 Å². The van der Waals surface area contributed by atoms with E-state index in [1.54, 1.807) is 0 Å². The average Bonchev–Trinajstić information content (AvgIpc) is 1.96. The minimum absolute atomic E-state index is 0.241. The van der Waals surface area contributed by atoms with Gasteiger partial charge in [0.15, 0.2) is 26.0 Å². The summed E-state index contributed by atoms with van der Waals surface area (Å²) < 4.78 is 40.4. The van der Waals surface area contributed by atoms with Gasteiger partial charge in [-0.1, -0.05) is 26.2 Å². The van der Waals surface area contributed by atoms with Crippen LogP contribution in [0.15, 0.2) is 0 Å². The minimum Gasteiger partial charge on any atom is -0.231 e. The maximum Gasteiger partial charge on any atom is 0.157 e. The molecule has 0 aromatic rings. The Morgan fingerprint density at radius 3 is 1.83 bits per heavy atom. The van der Waals surface area contributed by atoms with Crippen LogP contribution < -0.4 is 0 Å². The minimum atomic E-state index is -2.82. The molecular formula is C6H14O4S2. The maximum atomic E-state index is 10.4. The first kappa shape index (κ1) is 11.9. The van der Waals surface area contributed by atoms with Crippen LogP contribution >= 0.6 is 0 Å². The monoisotopic (exact) mass is 214 g/mol. The molecule has 0 atom stereocenters. The number of hydrogen-bond donors (Lipinski definition) is 2. The molecule has 0 spiro atoms. The molecule has 0 aromatic heterocycles. The molecule has 0 aliphatic rings. The zero-order valence-corrected chi connectivity index (χ0v) is 8.72. The van der Waals surface area contributed by atoms with Crippen LogP contribution in [0.25, 0.3) is 0 Å². The highest BCUT2D eigenvalue weighted by Gasteiger charge is 2.13. The molecule has 0 fully saturated rings. The lowest BCUT2D eigenvalue weighted by Gasteiger charge is -2.00. The zero-order chi connectivity index (χ0) is 9.56. The standard InChI is InChI=1S/C6H14O4S2/c1-2-3-4-5-6(11(7)8)12(9)10/h6,11-12H,2-5H2,1H3. The van der Waals surface area contributed by atoms with E-state index in [4.69, 9.17) is 0 Å². The van der Waals surface area contributed by atoms with Gasteiger partial charge in [-0.3, -0.25) is 0 Å². The Labute approximate surface area is 75.9 Å². The Balaban J connectivity index is 3.98. The van der Waals surface area contributed by atoms with E-state index in [1.807, 2.05) is 6.92 Å². The van der Waals surface area contributed by atoms with Crippen molar-refractivity contribution in [2.75, 3.05) is 0 Å². The molecule has 0 aliphatic heterocycles. The molecule has 0 saturated heterocycles. The number of thiol groups is 2. The third-order valence-electron chi connectivity index (χ3n) is 1.55. The van der Waals surface area contributed by atoms with Crippen molar-refractivity contribution in [3.05, 3.63) is 0 Å². The third-order valence-corrected chi connectivity index (χ3v) is 4.17. The van der Waals surface area contributed by atoms with E-state index in [9.17, 15) is 16.8 Å². The molecular weight excluding hydrogens is 200 g/mol. The van der Waals surface area contributed by atoms with E-state index in [-0.39, 0.29) is 6.42 Å². The number of rotatable bonds is 6. The Bertz CT molecular complexity index is 216. The smallest absolute Gasteiger partial charge is 0.157 e. The lowest BCUT2D eigenvalue weighted by Crippen LogP contribution is -2.11. The highest BCUT2D eigenvalue weighted by Crippen LogP contribution is 2.06. The second-order valence-corrected chi connectivity index (χ2v) is 5.34. The lowest BCUT2D eigenvalue weighted by molar-refractivity contribution is 0.582. The Kier molecular flexibility index (Phi) is 6.37.